The van der Waals surface area contributed by atoms with Crippen molar-refractivity contribution in [3.05, 3.63) is 24.3 Å². The monoisotopic (exact) mass is 218 g/mol. The number of para-hydroxylation sites is 2. The van der Waals surface area contributed by atoms with Crippen molar-refractivity contribution in [1.29, 1.82) is 0 Å². The zero-order chi connectivity index (χ0) is 11.8. The van der Waals surface area contributed by atoms with Crippen molar-refractivity contribution in [3.8, 4) is 18.1 Å². The lowest BCUT2D eigenvalue weighted by Gasteiger charge is -2.07. The predicted molar refractivity (Wildman–Crippen MR) is 62.8 cm³/mol. The summed E-state index contributed by atoms with van der Waals surface area (Å²) < 4.78 is 5.35. The van der Waals surface area contributed by atoms with Crippen LogP contribution in [0.15, 0.2) is 24.3 Å². The molecule has 0 unspecified atom stereocenters. The number of amides is 1. The van der Waals surface area contributed by atoms with Gasteiger partial charge in [0, 0.05) is 0 Å². The van der Waals surface area contributed by atoms with Crippen LogP contribution in [0.3, 0.4) is 0 Å². The van der Waals surface area contributed by atoms with E-state index in [9.17, 15) is 4.79 Å². The van der Waals surface area contributed by atoms with Gasteiger partial charge >= 0.3 is 0 Å². The number of carbonyl (C=O) groups is 1. The molecule has 0 aliphatic heterocycles. The second kappa shape index (κ2) is 6.36. The molecule has 0 radical (unpaired) electrons. The zero-order valence-corrected chi connectivity index (χ0v) is 8.90. The number of nitrogen functional groups attached to an aromatic ring is 1. The van der Waals surface area contributed by atoms with Gasteiger partial charge in [-0.3, -0.25) is 4.79 Å². The Balaban J connectivity index is 2.29. The van der Waals surface area contributed by atoms with Crippen LogP contribution >= 0.6 is 0 Å². The summed E-state index contributed by atoms with van der Waals surface area (Å²) in [6, 6.07) is 7.15. The van der Waals surface area contributed by atoms with Gasteiger partial charge in [-0.25, -0.2) is 0 Å². The van der Waals surface area contributed by atoms with Gasteiger partial charge in [0.15, 0.2) is 0 Å². The summed E-state index contributed by atoms with van der Waals surface area (Å²) in [5, 5.41) is 2.55. The smallest absolute Gasteiger partial charge is 0.224 e. The van der Waals surface area contributed by atoms with Gasteiger partial charge in [0.05, 0.1) is 25.3 Å². The lowest BCUT2D eigenvalue weighted by atomic mass is 10.3. The molecule has 16 heavy (non-hydrogen) atoms. The van der Waals surface area contributed by atoms with Crippen molar-refractivity contribution in [1.82, 2.24) is 5.32 Å². The highest BCUT2D eigenvalue weighted by Crippen LogP contribution is 2.19. The first kappa shape index (κ1) is 11.9. The number of hydrogen-bond donors (Lipinski definition) is 2. The average Bonchev–Trinajstić information content (AvgIpc) is 2.29. The minimum atomic E-state index is -0.132. The molecule has 0 saturated carbocycles. The fraction of sp³-hybridized carbons (Fsp3) is 0.250. The molecule has 1 aromatic rings. The molecule has 1 aromatic carbocycles. The summed E-state index contributed by atoms with van der Waals surface area (Å²) in [7, 11) is 0. The number of terminal acetylenes is 1. The van der Waals surface area contributed by atoms with E-state index in [4.69, 9.17) is 16.9 Å². The Hall–Kier alpha value is -2.15. The molecule has 0 aliphatic carbocycles. The van der Waals surface area contributed by atoms with E-state index in [2.05, 4.69) is 11.2 Å². The van der Waals surface area contributed by atoms with Crippen molar-refractivity contribution in [2.75, 3.05) is 18.9 Å². The Morgan fingerprint density at radius 2 is 2.25 bits per heavy atom. The standard InChI is InChI=1S/C12H14N2O2/c1-2-8-14-12(15)7-9-16-11-6-4-3-5-10(11)13/h1,3-6H,7-9,13H2,(H,14,15). The van der Waals surface area contributed by atoms with Crippen LogP contribution in [-0.2, 0) is 4.79 Å². The van der Waals surface area contributed by atoms with Gasteiger partial charge in [0.1, 0.15) is 5.75 Å². The van der Waals surface area contributed by atoms with E-state index >= 15 is 0 Å². The highest BCUT2D eigenvalue weighted by atomic mass is 16.5. The Morgan fingerprint density at radius 3 is 2.94 bits per heavy atom. The third-order valence-electron chi connectivity index (χ3n) is 1.89. The van der Waals surface area contributed by atoms with Gasteiger partial charge < -0.3 is 15.8 Å². The lowest BCUT2D eigenvalue weighted by molar-refractivity contribution is -0.121. The van der Waals surface area contributed by atoms with Gasteiger partial charge in [0.2, 0.25) is 5.91 Å². The molecule has 4 heteroatoms. The van der Waals surface area contributed by atoms with Crippen LogP contribution in [0.5, 0.6) is 5.75 Å². The molecule has 0 fully saturated rings. The van der Waals surface area contributed by atoms with Gasteiger partial charge in [-0.15, -0.1) is 6.42 Å². The van der Waals surface area contributed by atoms with E-state index in [1.807, 2.05) is 12.1 Å². The van der Waals surface area contributed by atoms with Crippen molar-refractivity contribution < 1.29 is 9.53 Å². The van der Waals surface area contributed by atoms with Crippen LogP contribution in [-0.4, -0.2) is 19.1 Å². The molecule has 1 amide bonds. The Kier molecular flexibility index (Phi) is 4.74. The second-order valence-electron chi connectivity index (χ2n) is 3.12. The van der Waals surface area contributed by atoms with Crippen molar-refractivity contribution >= 4 is 11.6 Å². The summed E-state index contributed by atoms with van der Waals surface area (Å²) in [6.45, 7) is 0.525. The average molecular weight is 218 g/mol. The molecule has 84 valence electrons. The first-order valence-electron chi connectivity index (χ1n) is 4.91. The van der Waals surface area contributed by atoms with Gasteiger partial charge in [0.25, 0.3) is 0 Å². The molecule has 0 bridgehead atoms. The number of ether oxygens (including phenoxy) is 1. The largest absolute Gasteiger partial charge is 0.491 e. The summed E-state index contributed by atoms with van der Waals surface area (Å²) in [4.78, 5) is 11.2. The molecular formula is C12H14N2O2. The predicted octanol–water partition coefficient (Wildman–Crippen LogP) is 0.787. The minimum absolute atomic E-state index is 0.132. The van der Waals surface area contributed by atoms with Crippen molar-refractivity contribution in [2.45, 2.75) is 6.42 Å². The summed E-state index contributed by atoms with van der Waals surface area (Å²) in [5.41, 5.74) is 6.23. The number of hydrogen-bond acceptors (Lipinski definition) is 3. The Bertz CT molecular complexity index is 396. The number of rotatable bonds is 5. The van der Waals surface area contributed by atoms with E-state index in [1.165, 1.54) is 0 Å². The van der Waals surface area contributed by atoms with Crippen LogP contribution in [0.25, 0.3) is 0 Å². The van der Waals surface area contributed by atoms with Crippen LogP contribution in [0.1, 0.15) is 6.42 Å². The molecule has 0 atom stereocenters. The maximum absolute atomic E-state index is 11.2. The van der Waals surface area contributed by atoms with Crippen LogP contribution < -0.4 is 15.8 Å². The normalized spacial score (nSPS) is 9.19. The van der Waals surface area contributed by atoms with E-state index in [1.54, 1.807) is 12.1 Å². The van der Waals surface area contributed by atoms with Crippen LogP contribution in [0, 0.1) is 12.3 Å². The second-order valence-corrected chi connectivity index (χ2v) is 3.12. The van der Waals surface area contributed by atoms with Gasteiger partial charge in [-0.2, -0.15) is 0 Å². The maximum Gasteiger partial charge on any atom is 0.224 e. The molecule has 0 spiro atoms. The van der Waals surface area contributed by atoms with E-state index in [0.29, 0.717) is 11.4 Å². The molecule has 0 aliphatic rings. The van der Waals surface area contributed by atoms with Gasteiger partial charge in [-0.05, 0) is 12.1 Å². The number of anilines is 1. The summed E-state index contributed by atoms with van der Waals surface area (Å²) in [6.07, 6.45) is 5.26. The van der Waals surface area contributed by atoms with Crippen molar-refractivity contribution in [3.63, 3.8) is 0 Å². The van der Waals surface area contributed by atoms with E-state index in [-0.39, 0.29) is 25.5 Å². The van der Waals surface area contributed by atoms with Crippen LogP contribution in [0.2, 0.25) is 0 Å². The SMILES string of the molecule is C#CCNC(=O)CCOc1ccccc1N. The maximum atomic E-state index is 11.2. The Labute approximate surface area is 94.8 Å². The molecule has 4 nitrogen and oxygen atoms in total. The minimum Gasteiger partial charge on any atom is -0.491 e. The fourth-order valence-electron chi connectivity index (χ4n) is 1.10. The highest BCUT2D eigenvalue weighted by molar-refractivity contribution is 5.76. The lowest BCUT2D eigenvalue weighted by Crippen LogP contribution is -2.25. The quantitative estimate of drug-likeness (QED) is 0.567. The molecule has 0 aromatic heterocycles. The number of carbonyl (C=O) groups excluding carboxylic acids is 1. The first-order valence-corrected chi connectivity index (χ1v) is 4.91. The molecule has 1 rings (SSSR count). The third kappa shape index (κ3) is 3.93. The van der Waals surface area contributed by atoms with E-state index < -0.39 is 0 Å². The molecule has 0 heterocycles. The Morgan fingerprint density at radius 1 is 1.50 bits per heavy atom. The molecule has 3 N–H and O–H groups in total. The first-order chi connectivity index (χ1) is 7.74. The molecular weight excluding hydrogens is 204 g/mol. The summed E-state index contributed by atoms with van der Waals surface area (Å²) in [5.74, 6) is 2.78. The number of benzene rings is 1. The van der Waals surface area contributed by atoms with Crippen molar-refractivity contribution in [2.24, 2.45) is 0 Å². The highest BCUT2D eigenvalue weighted by Gasteiger charge is 2.02. The zero-order valence-electron chi connectivity index (χ0n) is 8.90. The topological polar surface area (TPSA) is 64.3 Å². The number of nitrogens with one attached hydrogen (secondary N) is 1. The van der Waals surface area contributed by atoms with Gasteiger partial charge in [-0.1, -0.05) is 18.1 Å². The fourth-order valence-corrected chi connectivity index (χ4v) is 1.10. The summed E-state index contributed by atoms with van der Waals surface area (Å²) >= 11 is 0. The van der Waals surface area contributed by atoms with E-state index in [0.717, 1.165) is 0 Å². The number of nitrogens with two attached hydrogens (primary N) is 1. The van der Waals surface area contributed by atoms with Crippen LogP contribution in [0.4, 0.5) is 5.69 Å². The third-order valence-corrected chi connectivity index (χ3v) is 1.89. The molecule has 0 saturated heterocycles.